The van der Waals surface area contributed by atoms with E-state index in [-0.39, 0.29) is 6.42 Å². The van der Waals surface area contributed by atoms with Crippen molar-refractivity contribution < 1.29 is 22.7 Å². The Labute approximate surface area is 136 Å². The van der Waals surface area contributed by atoms with Crippen LogP contribution < -0.4 is 14.2 Å². The van der Waals surface area contributed by atoms with Crippen LogP contribution in [0.25, 0.3) is 0 Å². The van der Waals surface area contributed by atoms with Gasteiger partial charge in [0, 0.05) is 13.1 Å². The summed E-state index contributed by atoms with van der Waals surface area (Å²) < 4.78 is 38.1. The molecule has 0 aliphatic carbocycles. The summed E-state index contributed by atoms with van der Waals surface area (Å²) in [5, 5.41) is 0. The molecule has 8 heteroatoms. The third kappa shape index (κ3) is 4.59. The molecule has 1 saturated heterocycles. The fourth-order valence-electron chi connectivity index (χ4n) is 2.53. The van der Waals surface area contributed by atoms with E-state index in [2.05, 4.69) is 4.72 Å². The Bertz CT molecular complexity index is 654. The minimum absolute atomic E-state index is 0.0482. The lowest BCUT2D eigenvalue weighted by molar-refractivity contribution is -0.118. The SMILES string of the molecule is COc1ccc(CC(=O)NS(=O)(=O)N2CCCCC2)cc1OC. The molecule has 1 aliphatic heterocycles. The summed E-state index contributed by atoms with van der Waals surface area (Å²) in [5.74, 6) is 0.483. The molecule has 1 fully saturated rings. The van der Waals surface area contributed by atoms with E-state index in [0.29, 0.717) is 30.2 Å². The monoisotopic (exact) mass is 342 g/mol. The molecule has 0 spiro atoms. The van der Waals surface area contributed by atoms with Crippen molar-refractivity contribution in [2.45, 2.75) is 25.7 Å². The van der Waals surface area contributed by atoms with E-state index in [9.17, 15) is 13.2 Å². The first-order valence-electron chi connectivity index (χ1n) is 7.48. The second kappa shape index (κ2) is 7.65. The first kappa shape index (κ1) is 17.6. The Morgan fingerprint density at radius 1 is 1.13 bits per heavy atom. The second-order valence-electron chi connectivity index (χ2n) is 5.36. The molecule has 1 aromatic carbocycles. The van der Waals surface area contributed by atoms with Crippen LogP contribution in [0, 0.1) is 0 Å². The van der Waals surface area contributed by atoms with Gasteiger partial charge in [-0.05, 0) is 30.5 Å². The first-order chi connectivity index (χ1) is 11.0. The van der Waals surface area contributed by atoms with Crippen molar-refractivity contribution >= 4 is 16.1 Å². The van der Waals surface area contributed by atoms with Gasteiger partial charge in [0.1, 0.15) is 0 Å². The van der Waals surface area contributed by atoms with Crippen molar-refractivity contribution in [3.8, 4) is 11.5 Å². The normalized spacial score (nSPS) is 15.9. The average Bonchev–Trinajstić information content (AvgIpc) is 2.55. The summed E-state index contributed by atoms with van der Waals surface area (Å²) in [6, 6.07) is 5.04. The lowest BCUT2D eigenvalue weighted by Gasteiger charge is -2.25. The van der Waals surface area contributed by atoms with Crippen molar-refractivity contribution in [3.63, 3.8) is 0 Å². The van der Waals surface area contributed by atoms with Crippen LogP contribution in [0.15, 0.2) is 18.2 Å². The van der Waals surface area contributed by atoms with E-state index in [1.54, 1.807) is 18.2 Å². The van der Waals surface area contributed by atoms with Gasteiger partial charge in [-0.3, -0.25) is 4.79 Å². The molecular weight excluding hydrogens is 320 g/mol. The van der Waals surface area contributed by atoms with Crippen molar-refractivity contribution in [2.75, 3.05) is 27.3 Å². The zero-order valence-corrected chi connectivity index (χ0v) is 14.2. The van der Waals surface area contributed by atoms with Crippen molar-refractivity contribution in [3.05, 3.63) is 23.8 Å². The molecule has 0 radical (unpaired) electrons. The summed E-state index contributed by atoms with van der Waals surface area (Å²) in [6.45, 7) is 0.915. The molecule has 7 nitrogen and oxygen atoms in total. The minimum Gasteiger partial charge on any atom is -0.493 e. The van der Waals surface area contributed by atoms with E-state index in [1.165, 1.54) is 18.5 Å². The zero-order chi connectivity index (χ0) is 16.9. The van der Waals surface area contributed by atoms with Gasteiger partial charge in [-0.2, -0.15) is 12.7 Å². The number of amides is 1. The minimum atomic E-state index is -3.75. The Balaban J connectivity index is 2.01. The Hall–Kier alpha value is -1.80. The number of carbonyl (C=O) groups is 1. The molecule has 0 saturated carbocycles. The zero-order valence-electron chi connectivity index (χ0n) is 13.4. The highest BCUT2D eigenvalue weighted by Crippen LogP contribution is 2.27. The smallest absolute Gasteiger partial charge is 0.303 e. The molecule has 1 N–H and O–H groups in total. The highest BCUT2D eigenvalue weighted by molar-refractivity contribution is 7.87. The number of rotatable bonds is 6. The summed E-state index contributed by atoms with van der Waals surface area (Å²) in [5.41, 5.74) is 0.647. The fraction of sp³-hybridized carbons (Fsp3) is 0.533. The number of nitrogens with zero attached hydrogens (tertiary/aromatic N) is 1. The van der Waals surface area contributed by atoms with Gasteiger partial charge in [0.2, 0.25) is 5.91 Å². The number of ether oxygens (including phenoxy) is 2. The maximum absolute atomic E-state index is 12.2. The van der Waals surface area contributed by atoms with Crippen LogP contribution in [0.2, 0.25) is 0 Å². The molecular formula is C15H22N2O5S. The predicted octanol–water partition coefficient (Wildman–Crippen LogP) is 1.09. The number of hydrogen-bond donors (Lipinski definition) is 1. The van der Waals surface area contributed by atoms with Crippen molar-refractivity contribution in [1.82, 2.24) is 9.03 Å². The summed E-state index contributed by atoms with van der Waals surface area (Å²) in [7, 11) is -0.728. The van der Waals surface area contributed by atoms with Crippen molar-refractivity contribution in [1.29, 1.82) is 0 Å². The van der Waals surface area contributed by atoms with Gasteiger partial charge in [-0.15, -0.1) is 0 Å². The Morgan fingerprint density at radius 3 is 2.39 bits per heavy atom. The maximum atomic E-state index is 12.2. The molecule has 1 aromatic rings. The van der Waals surface area contributed by atoms with Gasteiger partial charge < -0.3 is 9.47 Å². The number of piperidine rings is 1. The molecule has 1 heterocycles. The van der Waals surface area contributed by atoms with Crippen LogP contribution in [0.1, 0.15) is 24.8 Å². The molecule has 2 rings (SSSR count). The number of hydrogen-bond acceptors (Lipinski definition) is 5. The van der Waals surface area contributed by atoms with Gasteiger partial charge in [0.05, 0.1) is 20.6 Å². The molecule has 128 valence electrons. The Morgan fingerprint density at radius 2 is 1.78 bits per heavy atom. The van der Waals surface area contributed by atoms with E-state index >= 15 is 0 Å². The molecule has 23 heavy (non-hydrogen) atoms. The van der Waals surface area contributed by atoms with Crippen LogP contribution in [-0.4, -0.2) is 45.9 Å². The largest absolute Gasteiger partial charge is 0.493 e. The molecule has 1 aliphatic rings. The Kier molecular flexibility index (Phi) is 5.84. The van der Waals surface area contributed by atoms with Crippen LogP contribution in [-0.2, 0) is 21.4 Å². The van der Waals surface area contributed by atoms with E-state index in [0.717, 1.165) is 19.3 Å². The summed E-state index contributed by atoms with van der Waals surface area (Å²) in [4.78, 5) is 12.0. The molecule has 0 bridgehead atoms. The molecule has 1 amide bonds. The van der Waals surface area contributed by atoms with Gasteiger partial charge in [-0.25, -0.2) is 4.72 Å². The van der Waals surface area contributed by atoms with E-state index in [4.69, 9.17) is 9.47 Å². The summed E-state index contributed by atoms with van der Waals surface area (Å²) >= 11 is 0. The van der Waals surface area contributed by atoms with E-state index in [1.807, 2.05) is 0 Å². The standard InChI is InChI=1S/C15H22N2O5S/c1-21-13-7-6-12(10-14(13)22-2)11-15(18)16-23(19,20)17-8-4-3-5-9-17/h6-7,10H,3-5,8-9,11H2,1-2H3,(H,16,18). The number of nitrogens with one attached hydrogen (secondary N) is 1. The summed E-state index contributed by atoms with van der Waals surface area (Å²) in [6.07, 6.45) is 2.62. The van der Waals surface area contributed by atoms with Crippen LogP contribution in [0.3, 0.4) is 0 Å². The topological polar surface area (TPSA) is 84.9 Å². The lowest BCUT2D eigenvalue weighted by Crippen LogP contribution is -2.46. The molecule has 0 atom stereocenters. The van der Waals surface area contributed by atoms with Gasteiger partial charge in [0.25, 0.3) is 0 Å². The third-order valence-corrected chi connectivity index (χ3v) is 5.24. The van der Waals surface area contributed by atoms with Crippen LogP contribution in [0.4, 0.5) is 0 Å². The van der Waals surface area contributed by atoms with Gasteiger partial charge in [-0.1, -0.05) is 12.5 Å². The fourth-order valence-corrected chi connectivity index (χ4v) is 3.75. The average molecular weight is 342 g/mol. The highest BCUT2D eigenvalue weighted by Gasteiger charge is 2.25. The molecule has 0 unspecified atom stereocenters. The first-order valence-corrected chi connectivity index (χ1v) is 8.92. The lowest BCUT2D eigenvalue weighted by atomic mass is 10.1. The predicted molar refractivity (Wildman–Crippen MR) is 85.7 cm³/mol. The third-order valence-electron chi connectivity index (χ3n) is 3.71. The second-order valence-corrected chi connectivity index (χ2v) is 7.03. The number of benzene rings is 1. The van der Waals surface area contributed by atoms with Crippen molar-refractivity contribution in [2.24, 2.45) is 0 Å². The highest BCUT2D eigenvalue weighted by atomic mass is 32.2. The number of carbonyl (C=O) groups excluding carboxylic acids is 1. The van der Waals surface area contributed by atoms with Gasteiger partial charge >= 0.3 is 10.2 Å². The number of methoxy groups -OCH3 is 2. The van der Waals surface area contributed by atoms with Crippen LogP contribution in [0.5, 0.6) is 11.5 Å². The van der Waals surface area contributed by atoms with Crippen LogP contribution >= 0.6 is 0 Å². The van der Waals surface area contributed by atoms with Gasteiger partial charge in [0.15, 0.2) is 11.5 Å². The maximum Gasteiger partial charge on any atom is 0.303 e. The van der Waals surface area contributed by atoms with E-state index < -0.39 is 16.1 Å². The quantitative estimate of drug-likeness (QED) is 0.837. The molecule has 0 aromatic heterocycles.